The highest BCUT2D eigenvalue weighted by Gasteiger charge is 2.32. The van der Waals surface area contributed by atoms with Crippen molar-refractivity contribution in [3.8, 4) is 0 Å². The Balaban J connectivity index is 1.79. The van der Waals surface area contributed by atoms with Crippen molar-refractivity contribution in [3.05, 3.63) is 59.7 Å². The molecule has 2 amide bonds. The third-order valence-electron chi connectivity index (χ3n) is 4.77. The quantitative estimate of drug-likeness (QED) is 0.750. The molecule has 1 aliphatic heterocycles. The molecule has 146 valence electrons. The Morgan fingerprint density at radius 1 is 1.11 bits per heavy atom. The lowest BCUT2D eigenvalue weighted by Crippen LogP contribution is -2.48. The minimum Gasteiger partial charge on any atom is -0.480 e. The number of benzene rings is 2. The Morgan fingerprint density at radius 3 is 2.64 bits per heavy atom. The van der Waals surface area contributed by atoms with E-state index >= 15 is 0 Å². The molecule has 0 bridgehead atoms. The molecule has 1 saturated heterocycles. The molecular formula is C21H22N2O4S. The van der Waals surface area contributed by atoms with Gasteiger partial charge in [-0.2, -0.15) is 0 Å². The molecule has 2 aromatic rings. The van der Waals surface area contributed by atoms with Crippen molar-refractivity contribution >= 4 is 35.2 Å². The predicted octanol–water partition coefficient (Wildman–Crippen LogP) is 3.74. The zero-order chi connectivity index (χ0) is 20.1. The highest BCUT2D eigenvalue weighted by Crippen LogP contribution is 2.23. The first-order valence-electron chi connectivity index (χ1n) is 9.09. The third-order valence-corrected chi connectivity index (χ3v) is 5.56. The van der Waals surface area contributed by atoms with Crippen molar-refractivity contribution in [1.82, 2.24) is 4.90 Å². The molecule has 28 heavy (non-hydrogen) atoms. The number of piperidine rings is 1. The number of rotatable bonds is 5. The fraction of sp³-hybridized carbons (Fsp3) is 0.286. The second-order valence-electron chi connectivity index (χ2n) is 6.58. The van der Waals surface area contributed by atoms with Crippen molar-refractivity contribution in [1.29, 1.82) is 0 Å². The van der Waals surface area contributed by atoms with E-state index < -0.39 is 12.0 Å². The van der Waals surface area contributed by atoms with Gasteiger partial charge in [0.1, 0.15) is 6.04 Å². The first kappa shape index (κ1) is 19.9. The van der Waals surface area contributed by atoms with E-state index in [0.717, 1.165) is 17.7 Å². The van der Waals surface area contributed by atoms with Crippen LogP contribution in [0.15, 0.2) is 53.4 Å². The summed E-state index contributed by atoms with van der Waals surface area (Å²) in [6, 6.07) is 13.1. The molecule has 0 aromatic heterocycles. The van der Waals surface area contributed by atoms with Crippen LogP contribution in [-0.2, 0) is 4.79 Å². The number of carbonyl (C=O) groups excluding carboxylic acids is 2. The second-order valence-corrected chi connectivity index (χ2v) is 7.43. The molecule has 0 radical (unpaired) electrons. The molecule has 2 N–H and O–H groups in total. The van der Waals surface area contributed by atoms with Crippen LogP contribution < -0.4 is 5.32 Å². The smallest absolute Gasteiger partial charge is 0.326 e. The van der Waals surface area contributed by atoms with Gasteiger partial charge in [0.25, 0.3) is 11.8 Å². The number of nitrogens with one attached hydrogen (secondary N) is 1. The average molecular weight is 398 g/mol. The zero-order valence-corrected chi connectivity index (χ0v) is 16.4. The van der Waals surface area contributed by atoms with Gasteiger partial charge in [0.2, 0.25) is 0 Å². The van der Waals surface area contributed by atoms with E-state index in [1.54, 1.807) is 36.4 Å². The Labute approximate surface area is 167 Å². The molecule has 1 atom stereocenters. The predicted molar refractivity (Wildman–Crippen MR) is 109 cm³/mol. The number of amides is 2. The summed E-state index contributed by atoms with van der Waals surface area (Å²) in [5, 5.41) is 12.2. The minimum absolute atomic E-state index is 0.254. The Bertz CT molecular complexity index is 899. The molecule has 0 spiro atoms. The second kappa shape index (κ2) is 8.93. The first-order chi connectivity index (χ1) is 13.5. The van der Waals surface area contributed by atoms with Gasteiger partial charge >= 0.3 is 5.97 Å². The van der Waals surface area contributed by atoms with Crippen LogP contribution in [0.1, 0.15) is 40.0 Å². The maximum atomic E-state index is 12.9. The third kappa shape index (κ3) is 4.36. The standard InChI is InChI=1S/C21H22N2O4S/c1-28-18-11-3-2-9-16(18)19(24)22-15-8-6-7-14(13-15)20(25)23-12-5-4-10-17(23)21(26)27/h2-3,6-9,11,13,17H,4-5,10,12H2,1H3,(H,22,24)(H,26,27). The summed E-state index contributed by atoms with van der Waals surface area (Å²) in [5.41, 5.74) is 1.42. The molecule has 2 aromatic carbocycles. The van der Waals surface area contributed by atoms with Crippen LogP contribution in [0.25, 0.3) is 0 Å². The van der Waals surface area contributed by atoms with Gasteiger partial charge in [-0.15, -0.1) is 11.8 Å². The first-order valence-corrected chi connectivity index (χ1v) is 10.3. The lowest BCUT2D eigenvalue weighted by Gasteiger charge is -2.33. The maximum Gasteiger partial charge on any atom is 0.326 e. The number of hydrogen-bond donors (Lipinski definition) is 2. The lowest BCUT2D eigenvalue weighted by molar-refractivity contribution is -0.143. The van der Waals surface area contributed by atoms with Crippen LogP contribution in [-0.4, -0.2) is 46.6 Å². The van der Waals surface area contributed by atoms with Gasteiger partial charge in [-0.25, -0.2) is 4.79 Å². The number of carboxylic acids is 1. The van der Waals surface area contributed by atoms with Crippen LogP contribution in [0.3, 0.4) is 0 Å². The summed E-state index contributed by atoms with van der Waals surface area (Å²) >= 11 is 1.49. The Hall–Kier alpha value is -2.80. The highest BCUT2D eigenvalue weighted by molar-refractivity contribution is 7.98. The summed E-state index contributed by atoms with van der Waals surface area (Å²) in [6.07, 6.45) is 3.95. The number of thioether (sulfide) groups is 1. The van der Waals surface area contributed by atoms with E-state index in [1.807, 2.05) is 18.4 Å². The average Bonchev–Trinajstić information content (AvgIpc) is 2.73. The van der Waals surface area contributed by atoms with E-state index in [4.69, 9.17) is 0 Å². The Morgan fingerprint density at radius 2 is 1.89 bits per heavy atom. The molecule has 1 aliphatic rings. The summed E-state index contributed by atoms with van der Waals surface area (Å²) < 4.78 is 0. The van der Waals surface area contributed by atoms with Gasteiger partial charge in [-0.1, -0.05) is 18.2 Å². The molecule has 1 fully saturated rings. The SMILES string of the molecule is CSc1ccccc1C(=O)Nc1cccc(C(=O)N2CCCCC2C(=O)O)c1. The highest BCUT2D eigenvalue weighted by atomic mass is 32.2. The lowest BCUT2D eigenvalue weighted by atomic mass is 10.0. The van der Waals surface area contributed by atoms with E-state index in [-0.39, 0.29) is 11.8 Å². The van der Waals surface area contributed by atoms with Crippen molar-refractivity contribution in [3.63, 3.8) is 0 Å². The Kier molecular flexibility index (Phi) is 6.36. The molecular weight excluding hydrogens is 376 g/mol. The van der Waals surface area contributed by atoms with Gasteiger partial charge < -0.3 is 15.3 Å². The number of nitrogens with zero attached hydrogens (tertiary/aromatic N) is 1. The van der Waals surface area contributed by atoms with Gasteiger partial charge in [0.05, 0.1) is 5.56 Å². The van der Waals surface area contributed by atoms with Gasteiger partial charge in [-0.05, 0) is 55.9 Å². The van der Waals surface area contributed by atoms with Crippen molar-refractivity contribution in [2.75, 3.05) is 18.1 Å². The summed E-state index contributed by atoms with van der Waals surface area (Å²) in [7, 11) is 0. The molecule has 1 unspecified atom stereocenters. The number of anilines is 1. The van der Waals surface area contributed by atoms with Crippen molar-refractivity contribution < 1.29 is 19.5 Å². The number of carboxylic acid groups (broad SMARTS) is 1. The van der Waals surface area contributed by atoms with Crippen molar-refractivity contribution in [2.24, 2.45) is 0 Å². The van der Waals surface area contributed by atoms with E-state index in [9.17, 15) is 19.5 Å². The summed E-state index contributed by atoms with van der Waals surface area (Å²) in [6.45, 7) is 0.424. The van der Waals surface area contributed by atoms with E-state index in [0.29, 0.717) is 29.8 Å². The molecule has 3 rings (SSSR count). The zero-order valence-electron chi connectivity index (χ0n) is 15.6. The van der Waals surface area contributed by atoms with E-state index in [1.165, 1.54) is 16.7 Å². The number of aliphatic carboxylic acids is 1. The molecule has 1 heterocycles. The van der Waals surface area contributed by atoms with Gasteiger partial charge in [0, 0.05) is 22.7 Å². The number of likely N-dealkylation sites (tertiary alicyclic amines) is 1. The largest absolute Gasteiger partial charge is 0.480 e. The van der Waals surface area contributed by atoms with Crippen LogP contribution in [0, 0.1) is 0 Å². The van der Waals surface area contributed by atoms with Gasteiger partial charge in [-0.3, -0.25) is 9.59 Å². The monoisotopic (exact) mass is 398 g/mol. The number of hydrogen-bond acceptors (Lipinski definition) is 4. The topological polar surface area (TPSA) is 86.7 Å². The van der Waals surface area contributed by atoms with Crippen molar-refractivity contribution in [2.45, 2.75) is 30.2 Å². The van der Waals surface area contributed by atoms with E-state index in [2.05, 4.69) is 5.32 Å². The molecule has 0 saturated carbocycles. The van der Waals surface area contributed by atoms with Crippen LogP contribution in [0.2, 0.25) is 0 Å². The molecule has 6 nitrogen and oxygen atoms in total. The number of carbonyl (C=O) groups is 3. The van der Waals surface area contributed by atoms with Crippen LogP contribution in [0.4, 0.5) is 5.69 Å². The fourth-order valence-corrected chi connectivity index (χ4v) is 3.95. The fourth-order valence-electron chi connectivity index (χ4n) is 3.36. The summed E-state index contributed by atoms with van der Waals surface area (Å²) in [4.78, 5) is 39.2. The van der Waals surface area contributed by atoms with Crippen LogP contribution in [0.5, 0.6) is 0 Å². The molecule has 7 heteroatoms. The molecule has 0 aliphatic carbocycles. The summed E-state index contributed by atoms with van der Waals surface area (Å²) in [5.74, 6) is -1.56. The normalized spacial score (nSPS) is 16.5. The minimum atomic E-state index is -0.980. The van der Waals surface area contributed by atoms with Crippen LogP contribution >= 0.6 is 11.8 Å². The maximum absolute atomic E-state index is 12.9. The van der Waals surface area contributed by atoms with Gasteiger partial charge in [0.15, 0.2) is 0 Å².